The Hall–Kier alpha value is -1.09. The zero-order chi connectivity index (χ0) is 14.3. The first-order valence-corrected chi connectivity index (χ1v) is 6.97. The molecule has 0 aromatic heterocycles. The highest BCUT2D eigenvalue weighted by Gasteiger charge is 2.11. The molecule has 1 aromatic carbocycles. The SMILES string of the molecule is COCCN(CCC#N)c1ccc(C(C)O)c(Br)c1. The third kappa shape index (κ3) is 4.83. The van der Waals surface area contributed by atoms with Crippen molar-refractivity contribution in [1.82, 2.24) is 0 Å². The number of halogens is 1. The van der Waals surface area contributed by atoms with Crippen molar-refractivity contribution < 1.29 is 9.84 Å². The van der Waals surface area contributed by atoms with Crippen molar-refractivity contribution in [1.29, 1.82) is 5.26 Å². The van der Waals surface area contributed by atoms with E-state index in [0.29, 0.717) is 19.6 Å². The standard InChI is InChI=1S/C14H19BrN2O2/c1-11(18)13-5-4-12(10-14(13)15)17(7-3-6-16)8-9-19-2/h4-5,10-11,18H,3,7-9H2,1-2H3. The van der Waals surface area contributed by atoms with Gasteiger partial charge in [0.05, 0.1) is 25.2 Å². The lowest BCUT2D eigenvalue weighted by Crippen LogP contribution is -2.28. The Morgan fingerprint density at radius 3 is 2.74 bits per heavy atom. The summed E-state index contributed by atoms with van der Waals surface area (Å²) in [5.74, 6) is 0. The van der Waals surface area contributed by atoms with E-state index >= 15 is 0 Å². The van der Waals surface area contributed by atoms with Crippen LogP contribution in [-0.2, 0) is 4.74 Å². The highest BCUT2D eigenvalue weighted by atomic mass is 79.9. The number of rotatable bonds is 7. The van der Waals surface area contributed by atoms with Crippen molar-refractivity contribution in [2.75, 3.05) is 31.7 Å². The number of aliphatic hydroxyl groups is 1. The van der Waals surface area contributed by atoms with E-state index in [9.17, 15) is 5.11 Å². The molecule has 0 heterocycles. The van der Waals surface area contributed by atoms with Gasteiger partial charge in [0, 0.05) is 30.4 Å². The van der Waals surface area contributed by atoms with Gasteiger partial charge in [-0.1, -0.05) is 22.0 Å². The van der Waals surface area contributed by atoms with E-state index in [4.69, 9.17) is 10.00 Å². The maximum Gasteiger partial charge on any atom is 0.0772 e. The normalized spacial score (nSPS) is 11.9. The van der Waals surface area contributed by atoms with Gasteiger partial charge in [-0.3, -0.25) is 0 Å². The summed E-state index contributed by atoms with van der Waals surface area (Å²) in [6, 6.07) is 7.98. The smallest absolute Gasteiger partial charge is 0.0772 e. The van der Waals surface area contributed by atoms with E-state index in [1.54, 1.807) is 14.0 Å². The fourth-order valence-electron chi connectivity index (χ4n) is 1.81. The Kier molecular flexibility index (Phi) is 6.85. The monoisotopic (exact) mass is 326 g/mol. The molecule has 0 aliphatic carbocycles. The van der Waals surface area contributed by atoms with E-state index in [0.717, 1.165) is 22.3 Å². The molecule has 4 nitrogen and oxygen atoms in total. The molecule has 0 saturated heterocycles. The molecule has 1 aromatic rings. The fraction of sp³-hybridized carbons (Fsp3) is 0.500. The average Bonchev–Trinajstić information content (AvgIpc) is 2.38. The summed E-state index contributed by atoms with van der Waals surface area (Å²) < 4.78 is 5.96. The highest BCUT2D eigenvalue weighted by molar-refractivity contribution is 9.10. The van der Waals surface area contributed by atoms with Crippen molar-refractivity contribution in [3.05, 3.63) is 28.2 Å². The van der Waals surface area contributed by atoms with Gasteiger partial charge in [-0.05, 0) is 24.6 Å². The van der Waals surface area contributed by atoms with Gasteiger partial charge in [-0.15, -0.1) is 0 Å². The average molecular weight is 327 g/mol. The van der Waals surface area contributed by atoms with Crippen LogP contribution < -0.4 is 4.90 Å². The molecule has 0 bridgehead atoms. The van der Waals surface area contributed by atoms with Crippen molar-refractivity contribution in [3.8, 4) is 6.07 Å². The van der Waals surface area contributed by atoms with Gasteiger partial charge >= 0.3 is 0 Å². The van der Waals surface area contributed by atoms with Crippen molar-refractivity contribution in [2.45, 2.75) is 19.4 Å². The van der Waals surface area contributed by atoms with E-state index in [-0.39, 0.29) is 0 Å². The van der Waals surface area contributed by atoms with Gasteiger partial charge in [0.2, 0.25) is 0 Å². The molecule has 1 atom stereocenters. The second kappa shape index (κ2) is 8.16. The number of nitrogens with zero attached hydrogens (tertiary/aromatic N) is 2. The maximum atomic E-state index is 9.61. The second-order valence-corrected chi connectivity index (χ2v) is 5.12. The van der Waals surface area contributed by atoms with Crippen LogP contribution in [0.5, 0.6) is 0 Å². The Morgan fingerprint density at radius 1 is 1.47 bits per heavy atom. The minimum Gasteiger partial charge on any atom is -0.389 e. The molecule has 0 radical (unpaired) electrons. The van der Waals surface area contributed by atoms with Gasteiger partial charge in [0.1, 0.15) is 0 Å². The third-order valence-electron chi connectivity index (χ3n) is 2.86. The molecule has 19 heavy (non-hydrogen) atoms. The summed E-state index contributed by atoms with van der Waals surface area (Å²) in [6.07, 6.45) is -0.0330. The number of ether oxygens (including phenoxy) is 1. The molecular formula is C14H19BrN2O2. The largest absolute Gasteiger partial charge is 0.389 e. The predicted molar refractivity (Wildman–Crippen MR) is 79.1 cm³/mol. The van der Waals surface area contributed by atoms with Gasteiger partial charge in [0.15, 0.2) is 0 Å². The number of anilines is 1. The zero-order valence-corrected chi connectivity index (χ0v) is 12.9. The highest BCUT2D eigenvalue weighted by Crippen LogP contribution is 2.28. The van der Waals surface area contributed by atoms with E-state index in [2.05, 4.69) is 26.9 Å². The Labute approximate surface area is 122 Å². The van der Waals surface area contributed by atoms with Gasteiger partial charge in [0.25, 0.3) is 0 Å². The first-order chi connectivity index (χ1) is 9.10. The Morgan fingerprint density at radius 2 is 2.21 bits per heavy atom. The Balaban J connectivity index is 2.89. The molecule has 104 valence electrons. The van der Waals surface area contributed by atoms with Crippen molar-refractivity contribution >= 4 is 21.6 Å². The predicted octanol–water partition coefficient (Wildman–Crippen LogP) is 2.87. The lowest BCUT2D eigenvalue weighted by Gasteiger charge is -2.24. The van der Waals surface area contributed by atoms with Gasteiger partial charge in [-0.25, -0.2) is 0 Å². The van der Waals surface area contributed by atoms with Crippen LogP contribution in [0.2, 0.25) is 0 Å². The summed E-state index contributed by atoms with van der Waals surface area (Å²) in [5.41, 5.74) is 1.87. The van der Waals surface area contributed by atoms with Crippen molar-refractivity contribution in [3.63, 3.8) is 0 Å². The number of nitriles is 1. The molecule has 0 amide bonds. The molecule has 1 N–H and O–H groups in total. The van der Waals surface area contributed by atoms with Crippen LogP contribution in [0.15, 0.2) is 22.7 Å². The van der Waals surface area contributed by atoms with Crippen LogP contribution in [0, 0.1) is 11.3 Å². The minimum absolute atomic E-state index is 0.472. The van der Waals surface area contributed by atoms with Crippen LogP contribution in [0.3, 0.4) is 0 Å². The lowest BCUT2D eigenvalue weighted by atomic mass is 10.1. The summed E-state index contributed by atoms with van der Waals surface area (Å²) in [4.78, 5) is 2.10. The van der Waals surface area contributed by atoms with Crippen LogP contribution in [0.1, 0.15) is 25.0 Å². The van der Waals surface area contributed by atoms with Gasteiger partial charge in [-0.2, -0.15) is 5.26 Å². The maximum absolute atomic E-state index is 9.61. The number of hydrogen-bond acceptors (Lipinski definition) is 4. The minimum atomic E-state index is -0.505. The van der Waals surface area contributed by atoms with Crippen LogP contribution >= 0.6 is 15.9 Å². The molecule has 0 saturated carbocycles. The van der Waals surface area contributed by atoms with Gasteiger partial charge < -0.3 is 14.7 Å². The fourth-order valence-corrected chi connectivity index (χ4v) is 2.51. The Bertz CT molecular complexity index is 444. The number of hydrogen-bond donors (Lipinski definition) is 1. The molecular weight excluding hydrogens is 308 g/mol. The molecule has 0 aliphatic heterocycles. The number of methoxy groups -OCH3 is 1. The number of benzene rings is 1. The third-order valence-corrected chi connectivity index (χ3v) is 3.54. The first-order valence-electron chi connectivity index (χ1n) is 6.18. The summed E-state index contributed by atoms with van der Waals surface area (Å²) in [6.45, 7) is 3.75. The quantitative estimate of drug-likeness (QED) is 0.837. The second-order valence-electron chi connectivity index (χ2n) is 4.27. The van der Waals surface area contributed by atoms with E-state index in [1.807, 2.05) is 18.2 Å². The summed E-state index contributed by atoms with van der Waals surface area (Å²) >= 11 is 3.47. The molecule has 0 fully saturated rings. The molecule has 1 rings (SSSR count). The number of aliphatic hydroxyl groups excluding tert-OH is 1. The molecule has 0 aliphatic rings. The van der Waals surface area contributed by atoms with Crippen molar-refractivity contribution in [2.24, 2.45) is 0 Å². The van der Waals surface area contributed by atoms with Crippen LogP contribution in [-0.4, -0.2) is 31.9 Å². The first kappa shape index (κ1) is 16.0. The summed E-state index contributed by atoms with van der Waals surface area (Å²) in [5, 5.41) is 18.3. The topological polar surface area (TPSA) is 56.5 Å². The van der Waals surface area contributed by atoms with Crippen LogP contribution in [0.25, 0.3) is 0 Å². The zero-order valence-electron chi connectivity index (χ0n) is 11.3. The van der Waals surface area contributed by atoms with Crippen LogP contribution in [0.4, 0.5) is 5.69 Å². The lowest BCUT2D eigenvalue weighted by molar-refractivity contribution is 0.198. The van der Waals surface area contributed by atoms with E-state index in [1.165, 1.54) is 0 Å². The van der Waals surface area contributed by atoms with E-state index < -0.39 is 6.10 Å². The summed E-state index contributed by atoms with van der Waals surface area (Å²) in [7, 11) is 1.66. The molecule has 0 spiro atoms. The molecule has 1 unspecified atom stereocenters. The molecule has 5 heteroatoms.